The van der Waals surface area contributed by atoms with E-state index >= 15 is 0 Å². The van der Waals surface area contributed by atoms with E-state index in [-0.39, 0.29) is 24.6 Å². The summed E-state index contributed by atoms with van der Waals surface area (Å²) in [5.41, 5.74) is 0.764. The molecule has 0 unspecified atom stereocenters. The fourth-order valence-corrected chi connectivity index (χ4v) is 4.06. The minimum atomic E-state index is -3.69. The Morgan fingerprint density at radius 3 is 2.15 bits per heavy atom. The lowest BCUT2D eigenvalue weighted by Gasteiger charge is -2.32. The predicted octanol–water partition coefficient (Wildman–Crippen LogP) is 0.846. The maximum atomic E-state index is 13.0. The molecule has 0 aliphatic rings. The molecule has 1 aromatic heterocycles. The molecule has 3 rings (SSSR count). The van der Waals surface area contributed by atoms with Gasteiger partial charge in [0.2, 0.25) is 10.0 Å². The number of nitrogens with one attached hydrogen (secondary N) is 2. The number of benzene rings is 2. The molecular formula is C26H29N5O7S. The summed E-state index contributed by atoms with van der Waals surface area (Å²) in [5.74, 6) is -1.35. The summed E-state index contributed by atoms with van der Waals surface area (Å²) in [6, 6.07) is 16.3. The molecule has 0 saturated heterocycles. The van der Waals surface area contributed by atoms with Crippen molar-refractivity contribution in [3.63, 3.8) is 0 Å². The predicted molar refractivity (Wildman–Crippen MR) is 141 cm³/mol. The number of rotatable bonds is 12. The number of anilines is 1. The maximum Gasteiger partial charge on any atom is 0.311 e. The Morgan fingerprint density at radius 1 is 1.00 bits per heavy atom. The summed E-state index contributed by atoms with van der Waals surface area (Å²) in [7, 11) is -2.48. The lowest BCUT2D eigenvalue weighted by molar-refractivity contribution is -0.0212. The summed E-state index contributed by atoms with van der Waals surface area (Å²) in [4.78, 5) is 29.6. The molecule has 4 N–H and O–H groups in total. The first kappa shape index (κ1) is 29.3. The fraction of sp³-hybridized carbons (Fsp3) is 0.308. The highest BCUT2D eigenvalue weighted by Crippen LogP contribution is 2.17. The van der Waals surface area contributed by atoms with E-state index in [1.807, 2.05) is 6.07 Å². The van der Waals surface area contributed by atoms with Gasteiger partial charge in [0.05, 0.1) is 30.8 Å². The summed E-state index contributed by atoms with van der Waals surface area (Å²) < 4.78 is 29.4. The molecule has 2 aromatic carbocycles. The van der Waals surface area contributed by atoms with Gasteiger partial charge < -0.3 is 25.3 Å². The van der Waals surface area contributed by atoms with E-state index in [2.05, 4.69) is 15.6 Å². The number of aliphatic hydroxyl groups is 2. The van der Waals surface area contributed by atoms with E-state index in [1.54, 1.807) is 60.7 Å². The summed E-state index contributed by atoms with van der Waals surface area (Å²) in [5, 5.41) is 36.7. The van der Waals surface area contributed by atoms with E-state index in [0.29, 0.717) is 5.56 Å². The van der Waals surface area contributed by atoms with Crippen LogP contribution in [0.1, 0.15) is 32.8 Å². The zero-order valence-corrected chi connectivity index (χ0v) is 22.1. The van der Waals surface area contributed by atoms with E-state index in [1.165, 1.54) is 7.05 Å². The zero-order valence-electron chi connectivity index (χ0n) is 21.3. The average molecular weight is 556 g/mol. The first-order valence-corrected chi connectivity index (χ1v) is 13.7. The highest BCUT2D eigenvalue weighted by Gasteiger charge is 2.35. The highest BCUT2D eigenvalue weighted by atomic mass is 32.2. The molecule has 206 valence electrons. The number of nitrogens with zero attached hydrogens (tertiary/aromatic N) is 3. The minimum absolute atomic E-state index is 0.0741. The monoisotopic (exact) mass is 555 g/mol. The average Bonchev–Trinajstić information content (AvgIpc) is 3.42. The SMILES string of the molecule is CN(c1nc(C(=O)N[C@H](Cc2ccccc2)[C@@H](O)[C@H](O)[C@H](CC#N)NC(=O)c2ccccc2)co1)S(C)(=O)=O. The molecular weight excluding hydrogens is 526 g/mol. The van der Waals surface area contributed by atoms with Crippen molar-refractivity contribution in [1.82, 2.24) is 15.6 Å². The number of hydrogen-bond acceptors (Lipinski definition) is 9. The van der Waals surface area contributed by atoms with Crippen LogP contribution >= 0.6 is 0 Å². The Morgan fingerprint density at radius 2 is 1.56 bits per heavy atom. The molecule has 1 heterocycles. The van der Waals surface area contributed by atoms with Crippen molar-refractivity contribution in [2.45, 2.75) is 37.1 Å². The van der Waals surface area contributed by atoms with Gasteiger partial charge in [0, 0.05) is 12.6 Å². The van der Waals surface area contributed by atoms with Gasteiger partial charge >= 0.3 is 6.01 Å². The number of amides is 2. The van der Waals surface area contributed by atoms with Gasteiger partial charge in [-0.1, -0.05) is 48.5 Å². The standard InChI is InChI=1S/C26H29N5O7S/c1-31(39(2,36)37)26-30-21(16-38-26)25(35)29-20(15-17-9-5-3-6-10-17)23(33)22(32)19(13-14-27)28-24(34)18-11-7-4-8-12-18/h3-12,16,19-20,22-23,32-33H,13,15H2,1-2H3,(H,28,34)(H,29,35)/t19-,20+,22+,23+/m0/s1. The Bertz CT molecular complexity index is 1410. The third-order valence-electron chi connectivity index (χ3n) is 5.94. The molecule has 12 nitrogen and oxygen atoms in total. The summed E-state index contributed by atoms with van der Waals surface area (Å²) >= 11 is 0. The van der Waals surface area contributed by atoms with Crippen molar-refractivity contribution in [3.8, 4) is 6.07 Å². The van der Waals surface area contributed by atoms with E-state index in [0.717, 1.165) is 22.4 Å². The van der Waals surface area contributed by atoms with Crippen LogP contribution in [0, 0.1) is 11.3 Å². The molecule has 2 amide bonds. The van der Waals surface area contributed by atoms with Crippen LogP contribution in [0.2, 0.25) is 0 Å². The molecule has 0 spiro atoms. The minimum Gasteiger partial charge on any atom is -0.430 e. The van der Waals surface area contributed by atoms with Crippen molar-refractivity contribution in [3.05, 3.63) is 83.7 Å². The number of aliphatic hydroxyl groups excluding tert-OH is 2. The molecule has 13 heteroatoms. The van der Waals surface area contributed by atoms with Crippen molar-refractivity contribution >= 4 is 27.9 Å². The Balaban J connectivity index is 1.83. The van der Waals surface area contributed by atoms with Gasteiger partial charge in [-0.05, 0) is 24.1 Å². The van der Waals surface area contributed by atoms with Crippen molar-refractivity contribution in [2.75, 3.05) is 17.6 Å². The molecule has 0 saturated carbocycles. The largest absolute Gasteiger partial charge is 0.430 e. The quantitative estimate of drug-likeness (QED) is 0.251. The van der Waals surface area contributed by atoms with Crippen molar-refractivity contribution in [1.29, 1.82) is 5.26 Å². The number of hydrogen-bond donors (Lipinski definition) is 4. The van der Waals surface area contributed by atoms with Crippen molar-refractivity contribution in [2.24, 2.45) is 0 Å². The van der Waals surface area contributed by atoms with Crippen molar-refractivity contribution < 1.29 is 32.6 Å². The van der Waals surface area contributed by atoms with E-state index in [9.17, 15) is 33.5 Å². The molecule has 0 fully saturated rings. The first-order valence-electron chi connectivity index (χ1n) is 11.8. The smallest absolute Gasteiger partial charge is 0.311 e. The number of aromatic nitrogens is 1. The molecule has 4 atom stereocenters. The molecule has 3 aromatic rings. The summed E-state index contributed by atoms with van der Waals surface area (Å²) in [6.45, 7) is 0. The van der Waals surface area contributed by atoms with Crippen LogP contribution in [-0.2, 0) is 16.4 Å². The fourth-order valence-electron chi connectivity index (χ4n) is 3.70. The third kappa shape index (κ3) is 7.87. The van der Waals surface area contributed by atoms with E-state index < -0.39 is 46.1 Å². The molecule has 0 bridgehead atoms. The van der Waals surface area contributed by atoms with Gasteiger partial charge in [0.25, 0.3) is 11.8 Å². The number of nitriles is 1. The molecule has 39 heavy (non-hydrogen) atoms. The zero-order chi connectivity index (χ0) is 28.6. The molecule has 0 aliphatic heterocycles. The van der Waals surface area contributed by atoms with Gasteiger partial charge in [0.1, 0.15) is 18.5 Å². The van der Waals surface area contributed by atoms with Gasteiger partial charge in [-0.3, -0.25) is 9.59 Å². The number of sulfonamides is 1. The normalized spacial score (nSPS) is 14.3. The second kappa shape index (κ2) is 13.0. The van der Waals surface area contributed by atoms with E-state index in [4.69, 9.17) is 4.42 Å². The van der Waals surface area contributed by atoms with Crippen LogP contribution in [0.4, 0.5) is 6.01 Å². The van der Waals surface area contributed by atoms with Crippen LogP contribution in [-0.4, -0.2) is 73.0 Å². The maximum absolute atomic E-state index is 13.0. The van der Waals surface area contributed by atoms with Gasteiger partial charge in [-0.25, -0.2) is 12.7 Å². The number of oxazole rings is 1. The van der Waals surface area contributed by atoms with Crippen LogP contribution in [0.15, 0.2) is 71.3 Å². The second-order valence-corrected chi connectivity index (χ2v) is 10.8. The van der Waals surface area contributed by atoms with Crippen LogP contribution in [0.5, 0.6) is 0 Å². The van der Waals surface area contributed by atoms with Gasteiger partial charge in [0.15, 0.2) is 5.69 Å². The summed E-state index contributed by atoms with van der Waals surface area (Å²) in [6.07, 6.45) is -1.60. The van der Waals surface area contributed by atoms with Gasteiger partial charge in [-0.2, -0.15) is 10.2 Å². The Hall–Kier alpha value is -4.25. The molecule has 0 radical (unpaired) electrons. The van der Waals surface area contributed by atoms with Crippen LogP contribution in [0.25, 0.3) is 0 Å². The van der Waals surface area contributed by atoms with Crippen LogP contribution < -0.4 is 14.9 Å². The second-order valence-electron chi connectivity index (χ2n) is 8.80. The van der Waals surface area contributed by atoms with Crippen LogP contribution in [0.3, 0.4) is 0 Å². The first-order chi connectivity index (χ1) is 18.5. The third-order valence-corrected chi connectivity index (χ3v) is 7.10. The lowest BCUT2D eigenvalue weighted by Crippen LogP contribution is -2.56. The number of carbonyl (C=O) groups is 2. The topological polar surface area (TPSA) is 186 Å². The Labute approximate surface area is 225 Å². The lowest BCUT2D eigenvalue weighted by atomic mass is 9.92. The number of carbonyl (C=O) groups excluding carboxylic acids is 2. The van der Waals surface area contributed by atoms with Gasteiger partial charge in [-0.15, -0.1) is 0 Å². The highest BCUT2D eigenvalue weighted by molar-refractivity contribution is 7.92. The molecule has 0 aliphatic carbocycles. The Kier molecular flexibility index (Phi) is 9.78.